The minimum absolute atomic E-state index is 0.136. The molecule has 274 valence electrons. The normalized spacial score (nSPS) is 23.1. The van der Waals surface area contributed by atoms with Crippen LogP contribution in [0.1, 0.15) is 125 Å². The Kier molecular flexibility index (Phi) is 14.3. The van der Waals surface area contributed by atoms with Gasteiger partial charge in [-0.15, -0.1) is 0 Å². The van der Waals surface area contributed by atoms with Crippen LogP contribution in [0.5, 0.6) is 0 Å². The summed E-state index contributed by atoms with van der Waals surface area (Å²) >= 11 is 0. The van der Waals surface area contributed by atoms with Gasteiger partial charge in [-0.2, -0.15) is 0 Å². The average Bonchev–Trinajstić information content (AvgIpc) is 3.48. The fourth-order valence-corrected chi connectivity index (χ4v) is 9.41. The molecule has 13 heteroatoms. The van der Waals surface area contributed by atoms with Gasteiger partial charge in [0, 0.05) is 19.3 Å². The zero-order valence-corrected chi connectivity index (χ0v) is 30.9. The van der Waals surface area contributed by atoms with Gasteiger partial charge in [-0.25, -0.2) is 13.2 Å². The van der Waals surface area contributed by atoms with Gasteiger partial charge in [0.2, 0.25) is 17.6 Å². The smallest absolute Gasteiger partial charge is 0.315 e. The van der Waals surface area contributed by atoms with Crippen LogP contribution in [-0.4, -0.2) is 91.6 Å². The molecule has 3 unspecified atom stereocenters. The third-order valence-electron chi connectivity index (χ3n) is 10.4. The van der Waals surface area contributed by atoms with Gasteiger partial charge in [0.1, 0.15) is 21.9 Å². The predicted molar refractivity (Wildman–Crippen MR) is 186 cm³/mol. The lowest BCUT2D eigenvalue weighted by molar-refractivity contribution is -0.144. The third kappa shape index (κ3) is 10.9. The lowest BCUT2D eigenvalue weighted by atomic mass is 9.75. The first-order valence-electron chi connectivity index (χ1n) is 18.2. The maximum atomic E-state index is 14.6. The van der Waals surface area contributed by atoms with Gasteiger partial charge in [-0.1, -0.05) is 79.6 Å². The number of amides is 5. The molecule has 48 heavy (non-hydrogen) atoms. The Morgan fingerprint density at radius 1 is 0.875 bits per heavy atom. The van der Waals surface area contributed by atoms with E-state index in [0.29, 0.717) is 45.2 Å². The van der Waals surface area contributed by atoms with Crippen molar-refractivity contribution in [3.8, 4) is 0 Å². The van der Waals surface area contributed by atoms with Crippen molar-refractivity contribution in [3.05, 3.63) is 0 Å². The number of urea groups is 1. The number of hydrogen-bond donors (Lipinski definition) is 4. The molecule has 0 bridgehead atoms. The molecule has 4 N–H and O–H groups in total. The van der Waals surface area contributed by atoms with E-state index in [0.717, 1.165) is 51.4 Å². The lowest BCUT2D eigenvalue weighted by Crippen LogP contribution is -2.63. The van der Waals surface area contributed by atoms with Gasteiger partial charge in [-0.3, -0.25) is 19.2 Å². The van der Waals surface area contributed by atoms with E-state index in [9.17, 15) is 32.4 Å². The zero-order chi connectivity index (χ0) is 35.7. The lowest BCUT2D eigenvalue weighted by Gasteiger charge is -2.40. The Morgan fingerprint density at radius 2 is 1.50 bits per heavy atom. The number of carbonyl (C=O) groups is 5. The van der Waals surface area contributed by atoms with Crippen LogP contribution < -0.4 is 21.3 Å². The Hall–Kier alpha value is -2.70. The summed E-state index contributed by atoms with van der Waals surface area (Å²) in [5, 5.41) is 11.4. The van der Waals surface area contributed by atoms with Crippen LogP contribution in [0.3, 0.4) is 0 Å². The van der Waals surface area contributed by atoms with Crippen LogP contribution in [0.4, 0.5) is 4.79 Å². The fourth-order valence-electron chi connectivity index (χ4n) is 8.05. The molecule has 12 nitrogen and oxygen atoms in total. The van der Waals surface area contributed by atoms with Crippen molar-refractivity contribution in [2.75, 3.05) is 25.1 Å². The largest absolute Gasteiger partial charge is 0.349 e. The van der Waals surface area contributed by atoms with Crippen LogP contribution in [0, 0.1) is 17.3 Å². The molecule has 0 aromatic rings. The molecule has 0 aromatic heterocycles. The molecule has 0 aromatic carbocycles. The summed E-state index contributed by atoms with van der Waals surface area (Å²) in [7, 11) is -3.38. The number of Topliss-reactive ketones (excluding diaryl/α,β-unsaturated/α-hetero) is 1. The van der Waals surface area contributed by atoms with E-state index >= 15 is 0 Å². The minimum Gasteiger partial charge on any atom is -0.349 e. The van der Waals surface area contributed by atoms with Crippen LogP contribution in [0.15, 0.2) is 0 Å². The number of ketones is 1. The third-order valence-corrected chi connectivity index (χ3v) is 11.5. The first-order valence-corrected chi connectivity index (χ1v) is 20.3. The van der Waals surface area contributed by atoms with Gasteiger partial charge < -0.3 is 26.2 Å². The van der Waals surface area contributed by atoms with Crippen molar-refractivity contribution < 1.29 is 32.4 Å². The second-order valence-corrected chi connectivity index (χ2v) is 17.7. The van der Waals surface area contributed by atoms with Crippen LogP contribution >= 0.6 is 0 Å². The first-order chi connectivity index (χ1) is 22.5. The number of sulfone groups is 1. The molecule has 4 atom stereocenters. The van der Waals surface area contributed by atoms with E-state index in [2.05, 4.69) is 21.3 Å². The summed E-state index contributed by atoms with van der Waals surface area (Å²) in [5.74, 6) is -2.78. The number of nitrogens with one attached hydrogen (secondary N) is 4. The summed E-state index contributed by atoms with van der Waals surface area (Å²) in [6.45, 7) is 10.5. The predicted octanol–water partition coefficient (Wildman–Crippen LogP) is 3.63. The van der Waals surface area contributed by atoms with Crippen LogP contribution in [0.25, 0.3) is 0 Å². The average molecular weight is 696 g/mol. The molecule has 0 spiro atoms. The van der Waals surface area contributed by atoms with E-state index in [4.69, 9.17) is 0 Å². The molecule has 5 amide bonds. The van der Waals surface area contributed by atoms with E-state index in [1.807, 2.05) is 34.6 Å². The summed E-state index contributed by atoms with van der Waals surface area (Å²) in [4.78, 5) is 69.7. The fraction of sp³-hybridized carbons (Fsp3) is 0.857. The molecule has 2 saturated carbocycles. The van der Waals surface area contributed by atoms with Crippen molar-refractivity contribution >= 4 is 39.4 Å². The Balaban J connectivity index is 1.90. The number of nitrogens with zero attached hydrogens (tertiary/aromatic N) is 1. The second kappa shape index (κ2) is 17.3. The van der Waals surface area contributed by atoms with Gasteiger partial charge >= 0.3 is 6.03 Å². The zero-order valence-electron chi connectivity index (χ0n) is 30.1. The van der Waals surface area contributed by atoms with Crippen molar-refractivity contribution in [1.82, 2.24) is 26.2 Å². The first kappa shape index (κ1) is 39.7. The Labute approximate surface area is 288 Å². The minimum atomic E-state index is -3.38. The number of carbonyl (C=O) groups excluding carboxylic acids is 5. The summed E-state index contributed by atoms with van der Waals surface area (Å²) < 4.78 is 24.8. The molecular formula is C35H61N5O7S. The Morgan fingerprint density at radius 3 is 2.06 bits per heavy atom. The van der Waals surface area contributed by atoms with Crippen molar-refractivity contribution in [2.45, 2.75) is 148 Å². The highest BCUT2D eigenvalue weighted by atomic mass is 32.2. The van der Waals surface area contributed by atoms with Gasteiger partial charge in [-0.05, 0) is 62.2 Å². The highest BCUT2D eigenvalue weighted by molar-refractivity contribution is 7.90. The Bertz CT molecular complexity index is 1250. The number of likely N-dealkylation sites (tertiary alicyclic amines) is 1. The molecule has 3 rings (SSSR count). The standard InChI is InChI=1S/C35H61N5O7S/c1-7-15-26(29(41)31(43)36-21-8-2)37-30(42)28-25(34(3,4)5)18-22-40(28)32(44)27(24-16-11-9-12-17-24)38-33(45)39-35(23-48(6,46)47)19-13-10-14-20-35/h24-28H,7-23H2,1-6H3,(H,36,43)(H,37,42)(H2,38,39,45)/t25?,26?,27-,28?/m0/s1. The molecule has 3 fully saturated rings. The van der Waals surface area contributed by atoms with E-state index in [1.54, 1.807) is 4.90 Å². The number of hydrogen-bond acceptors (Lipinski definition) is 7. The SMILES string of the molecule is CCCNC(=O)C(=O)C(CCC)NC(=O)C1C(C(C)(C)C)CCN1C(=O)[C@@H](NC(=O)NC1(CS(C)(=O)=O)CCCCC1)C1CCCCC1. The van der Waals surface area contributed by atoms with E-state index in [1.165, 1.54) is 6.26 Å². The summed E-state index contributed by atoms with van der Waals surface area (Å²) in [5.41, 5.74) is -1.25. The molecule has 2 aliphatic carbocycles. The summed E-state index contributed by atoms with van der Waals surface area (Å²) in [6.07, 6.45) is 11.3. The molecular weight excluding hydrogens is 634 g/mol. The molecule has 0 radical (unpaired) electrons. The highest BCUT2D eigenvalue weighted by Crippen LogP contribution is 2.40. The molecule has 1 heterocycles. The van der Waals surface area contributed by atoms with Crippen molar-refractivity contribution in [2.24, 2.45) is 17.3 Å². The summed E-state index contributed by atoms with van der Waals surface area (Å²) in [6, 6.07) is -3.37. The maximum Gasteiger partial charge on any atom is 0.315 e. The van der Waals surface area contributed by atoms with Gasteiger partial charge in [0.05, 0.1) is 17.3 Å². The monoisotopic (exact) mass is 695 g/mol. The maximum absolute atomic E-state index is 14.6. The van der Waals surface area contributed by atoms with Crippen LogP contribution in [-0.2, 0) is 29.0 Å². The van der Waals surface area contributed by atoms with Crippen molar-refractivity contribution in [3.63, 3.8) is 0 Å². The highest BCUT2D eigenvalue weighted by Gasteiger charge is 2.50. The van der Waals surface area contributed by atoms with E-state index in [-0.39, 0.29) is 35.3 Å². The van der Waals surface area contributed by atoms with Crippen molar-refractivity contribution in [1.29, 1.82) is 0 Å². The molecule has 1 saturated heterocycles. The van der Waals surface area contributed by atoms with E-state index < -0.39 is 57.1 Å². The molecule has 3 aliphatic rings. The van der Waals surface area contributed by atoms with Crippen LogP contribution in [0.2, 0.25) is 0 Å². The second-order valence-electron chi connectivity index (χ2n) is 15.6. The van der Waals surface area contributed by atoms with Gasteiger partial charge in [0.15, 0.2) is 0 Å². The van der Waals surface area contributed by atoms with Gasteiger partial charge in [0.25, 0.3) is 5.91 Å². The molecule has 1 aliphatic heterocycles. The topological polar surface area (TPSA) is 171 Å². The quantitative estimate of drug-likeness (QED) is 0.201. The number of rotatable bonds is 14.